The van der Waals surface area contributed by atoms with Gasteiger partial charge in [0, 0.05) is 6.20 Å². The highest BCUT2D eigenvalue weighted by Crippen LogP contribution is 2.30. The number of rotatable bonds is 5. The van der Waals surface area contributed by atoms with Crippen LogP contribution in [0, 0.1) is 0 Å². The molecule has 0 aliphatic rings. The maximum atomic E-state index is 12.5. The Morgan fingerprint density at radius 2 is 1.73 bits per heavy atom. The summed E-state index contributed by atoms with van der Waals surface area (Å²) in [5, 5.41) is 3.24. The van der Waals surface area contributed by atoms with Crippen molar-refractivity contribution in [2.45, 2.75) is 0 Å². The third-order valence-electron chi connectivity index (χ3n) is 3.49. The van der Waals surface area contributed by atoms with Gasteiger partial charge in [0.2, 0.25) is 5.88 Å². The van der Waals surface area contributed by atoms with Crippen LogP contribution in [0.5, 0.6) is 17.4 Å². The minimum atomic E-state index is -0.412. The van der Waals surface area contributed by atoms with E-state index in [0.717, 1.165) is 0 Å². The summed E-state index contributed by atoms with van der Waals surface area (Å²) in [7, 11) is 1.59. The number of methoxy groups -OCH3 is 1. The fourth-order valence-corrected chi connectivity index (χ4v) is 2.58. The Morgan fingerprint density at radius 3 is 2.46 bits per heavy atom. The molecule has 2 aromatic carbocycles. The van der Waals surface area contributed by atoms with E-state index in [-0.39, 0.29) is 16.5 Å². The number of aromatic nitrogens is 1. The molecule has 1 aromatic heterocycles. The average molecular weight is 389 g/mol. The zero-order chi connectivity index (χ0) is 18.5. The fourth-order valence-electron chi connectivity index (χ4n) is 2.19. The number of hydrogen-bond donors (Lipinski definition) is 1. The minimum Gasteiger partial charge on any atom is -0.497 e. The second-order valence-electron chi connectivity index (χ2n) is 5.19. The second kappa shape index (κ2) is 8.08. The normalized spacial score (nSPS) is 10.3. The lowest BCUT2D eigenvalue weighted by molar-refractivity contribution is 0.102. The van der Waals surface area contributed by atoms with Gasteiger partial charge in [-0.2, -0.15) is 0 Å². The van der Waals surface area contributed by atoms with Gasteiger partial charge < -0.3 is 14.8 Å². The van der Waals surface area contributed by atoms with E-state index in [1.807, 2.05) is 0 Å². The van der Waals surface area contributed by atoms with E-state index in [4.69, 9.17) is 32.7 Å². The van der Waals surface area contributed by atoms with Crippen LogP contribution < -0.4 is 14.8 Å². The molecule has 0 fully saturated rings. The van der Waals surface area contributed by atoms with Gasteiger partial charge in [-0.05, 0) is 48.5 Å². The molecule has 132 valence electrons. The van der Waals surface area contributed by atoms with Gasteiger partial charge in [-0.1, -0.05) is 29.3 Å². The molecular formula is C19H14Cl2N2O3. The SMILES string of the molecule is COc1ccc(Oc2ncccc2NC(=O)c2cccc(Cl)c2Cl)cc1. The Bertz CT molecular complexity index is 930. The maximum Gasteiger partial charge on any atom is 0.257 e. The molecule has 3 aromatic rings. The van der Waals surface area contributed by atoms with E-state index < -0.39 is 5.91 Å². The number of ether oxygens (including phenoxy) is 2. The molecule has 0 saturated carbocycles. The van der Waals surface area contributed by atoms with Gasteiger partial charge in [-0.15, -0.1) is 0 Å². The van der Waals surface area contributed by atoms with Crippen LogP contribution >= 0.6 is 23.2 Å². The summed E-state index contributed by atoms with van der Waals surface area (Å²) in [6, 6.07) is 15.2. The van der Waals surface area contributed by atoms with Gasteiger partial charge >= 0.3 is 0 Å². The molecule has 1 heterocycles. The number of pyridine rings is 1. The van der Waals surface area contributed by atoms with Crippen LogP contribution in [0.1, 0.15) is 10.4 Å². The first-order valence-electron chi connectivity index (χ1n) is 7.61. The van der Waals surface area contributed by atoms with Crippen molar-refractivity contribution in [3.8, 4) is 17.4 Å². The molecule has 26 heavy (non-hydrogen) atoms. The molecule has 0 bridgehead atoms. The zero-order valence-corrected chi connectivity index (χ0v) is 15.2. The van der Waals surface area contributed by atoms with Crippen LogP contribution in [-0.2, 0) is 0 Å². The van der Waals surface area contributed by atoms with Crippen LogP contribution in [0.3, 0.4) is 0 Å². The molecular weight excluding hydrogens is 375 g/mol. The summed E-state index contributed by atoms with van der Waals surface area (Å²) in [4.78, 5) is 16.7. The van der Waals surface area contributed by atoms with Crippen molar-refractivity contribution >= 4 is 34.8 Å². The number of halogens is 2. The van der Waals surface area contributed by atoms with Gasteiger partial charge in [0.1, 0.15) is 17.2 Å². The quantitative estimate of drug-likeness (QED) is 0.631. The average Bonchev–Trinajstić information content (AvgIpc) is 2.66. The Balaban J connectivity index is 1.82. The molecule has 0 spiro atoms. The van der Waals surface area contributed by atoms with E-state index in [0.29, 0.717) is 22.2 Å². The van der Waals surface area contributed by atoms with E-state index in [1.165, 1.54) is 0 Å². The van der Waals surface area contributed by atoms with Crippen molar-refractivity contribution in [2.24, 2.45) is 0 Å². The summed E-state index contributed by atoms with van der Waals surface area (Å²) >= 11 is 12.1. The lowest BCUT2D eigenvalue weighted by atomic mass is 10.2. The van der Waals surface area contributed by atoms with E-state index in [1.54, 1.807) is 67.9 Å². The lowest BCUT2D eigenvalue weighted by Gasteiger charge is -2.12. The van der Waals surface area contributed by atoms with Crippen LogP contribution in [0.2, 0.25) is 10.0 Å². The number of anilines is 1. The minimum absolute atomic E-state index is 0.188. The first-order chi connectivity index (χ1) is 12.6. The predicted octanol–water partition coefficient (Wildman–Crippen LogP) is 5.44. The second-order valence-corrected chi connectivity index (χ2v) is 5.97. The molecule has 0 aliphatic heterocycles. The number of benzene rings is 2. The number of carbonyl (C=O) groups excluding carboxylic acids is 1. The summed E-state index contributed by atoms with van der Waals surface area (Å²) in [6.45, 7) is 0. The largest absolute Gasteiger partial charge is 0.497 e. The number of nitrogens with one attached hydrogen (secondary N) is 1. The number of nitrogens with zero attached hydrogens (tertiary/aromatic N) is 1. The highest BCUT2D eigenvalue weighted by atomic mass is 35.5. The van der Waals surface area contributed by atoms with Crippen LogP contribution in [0.15, 0.2) is 60.8 Å². The van der Waals surface area contributed by atoms with Crippen LogP contribution in [-0.4, -0.2) is 18.0 Å². The standard InChI is InChI=1S/C19H14Cl2N2O3/c1-25-12-7-9-13(10-8-12)26-19-16(6-3-11-22-19)23-18(24)14-4-2-5-15(20)17(14)21/h2-11H,1H3,(H,23,24). The zero-order valence-electron chi connectivity index (χ0n) is 13.7. The predicted molar refractivity (Wildman–Crippen MR) is 102 cm³/mol. The number of carbonyl (C=O) groups is 1. The molecule has 0 unspecified atom stereocenters. The van der Waals surface area contributed by atoms with Crippen molar-refractivity contribution in [1.29, 1.82) is 0 Å². The van der Waals surface area contributed by atoms with Crippen molar-refractivity contribution < 1.29 is 14.3 Å². The van der Waals surface area contributed by atoms with Crippen molar-refractivity contribution in [3.63, 3.8) is 0 Å². The van der Waals surface area contributed by atoms with Crippen molar-refractivity contribution in [2.75, 3.05) is 12.4 Å². The lowest BCUT2D eigenvalue weighted by Crippen LogP contribution is -2.13. The number of hydrogen-bond acceptors (Lipinski definition) is 4. The maximum absolute atomic E-state index is 12.5. The van der Waals surface area contributed by atoms with Gasteiger partial charge in [0.05, 0.1) is 22.7 Å². The molecule has 1 amide bonds. The Labute approximate surface area is 160 Å². The molecule has 0 aliphatic carbocycles. The first-order valence-corrected chi connectivity index (χ1v) is 8.36. The number of amides is 1. The van der Waals surface area contributed by atoms with Crippen molar-refractivity contribution in [3.05, 3.63) is 76.4 Å². The van der Waals surface area contributed by atoms with E-state index in [9.17, 15) is 4.79 Å². The Kier molecular flexibility index (Phi) is 5.61. The molecule has 3 rings (SSSR count). The summed E-state index contributed by atoms with van der Waals surface area (Å²) in [6.07, 6.45) is 1.57. The van der Waals surface area contributed by atoms with Crippen molar-refractivity contribution in [1.82, 2.24) is 4.98 Å². The monoisotopic (exact) mass is 388 g/mol. The highest BCUT2D eigenvalue weighted by Gasteiger charge is 2.15. The third-order valence-corrected chi connectivity index (χ3v) is 4.31. The molecule has 0 saturated heterocycles. The van der Waals surface area contributed by atoms with Gasteiger partial charge in [-0.25, -0.2) is 4.98 Å². The summed E-state index contributed by atoms with van der Waals surface area (Å²) < 4.78 is 10.9. The highest BCUT2D eigenvalue weighted by molar-refractivity contribution is 6.44. The van der Waals surface area contributed by atoms with E-state index in [2.05, 4.69) is 10.3 Å². The van der Waals surface area contributed by atoms with Gasteiger partial charge in [0.25, 0.3) is 5.91 Å². The topological polar surface area (TPSA) is 60.5 Å². The summed E-state index contributed by atoms with van der Waals surface area (Å²) in [5.74, 6) is 1.11. The molecule has 5 nitrogen and oxygen atoms in total. The first kappa shape index (κ1) is 18.0. The molecule has 7 heteroatoms. The summed E-state index contributed by atoms with van der Waals surface area (Å²) in [5.41, 5.74) is 0.669. The fraction of sp³-hybridized carbons (Fsp3) is 0.0526. The molecule has 0 radical (unpaired) electrons. The third kappa shape index (κ3) is 4.07. The van der Waals surface area contributed by atoms with Crippen LogP contribution in [0.4, 0.5) is 5.69 Å². The molecule has 1 N–H and O–H groups in total. The van der Waals surface area contributed by atoms with Crippen LogP contribution in [0.25, 0.3) is 0 Å². The Morgan fingerprint density at radius 1 is 1.00 bits per heavy atom. The Hall–Kier alpha value is -2.76. The molecule has 0 atom stereocenters. The smallest absolute Gasteiger partial charge is 0.257 e. The van der Waals surface area contributed by atoms with E-state index >= 15 is 0 Å². The van der Waals surface area contributed by atoms with Gasteiger partial charge in [0.15, 0.2) is 0 Å². The van der Waals surface area contributed by atoms with Gasteiger partial charge in [-0.3, -0.25) is 4.79 Å².